The first-order chi connectivity index (χ1) is 14.5. The van der Waals surface area contributed by atoms with Crippen molar-refractivity contribution in [2.24, 2.45) is 0 Å². The maximum atomic E-state index is 12.2. The summed E-state index contributed by atoms with van der Waals surface area (Å²) in [6.45, 7) is 19.3. The van der Waals surface area contributed by atoms with Gasteiger partial charge < -0.3 is 4.74 Å². The van der Waals surface area contributed by atoms with Crippen LogP contribution in [-0.4, -0.2) is 14.4 Å². The van der Waals surface area contributed by atoms with Crippen molar-refractivity contribution in [2.45, 2.75) is 17.9 Å². The molecule has 0 saturated carbocycles. The van der Waals surface area contributed by atoms with Gasteiger partial charge in [-0.2, -0.15) is 0 Å². The van der Waals surface area contributed by atoms with E-state index in [1.807, 2.05) is 6.07 Å². The van der Waals surface area contributed by atoms with Gasteiger partial charge in [0.15, 0.2) is 9.84 Å². The van der Waals surface area contributed by atoms with Crippen LogP contribution in [0.3, 0.4) is 0 Å². The second-order valence-corrected chi connectivity index (χ2v) is 6.46. The largest absolute Gasteiger partial charge is 0 e. The van der Waals surface area contributed by atoms with E-state index < -0.39 is 21.9 Å². The molecule has 1 unspecified atom stereocenters. The van der Waals surface area contributed by atoms with Gasteiger partial charge in [-0.3, -0.25) is 4.79 Å². The summed E-state index contributed by atoms with van der Waals surface area (Å²) in [5.41, 5.74) is 0.706. The number of carbonyl (C=O) groups is 1. The summed E-state index contributed by atoms with van der Waals surface area (Å²) in [5, 5.41) is 0. The SMILES string of the molecule is CC(=O)OC([CH][CH]S(=O)(=O)c1ccccc1)c1ccccc1.[C-]#[O+].[C-]#[O+].[C-]#[O+].[C-]#[O+].[Fe]. The molecule has 0 saturated heterocycles. The zero-order chi connectivity index (χ0) is 24.0. The maximum absolute atomic E-state index is 12.2. The fourth-order valence-electron chi connectivity index (χ4n) is 1.90. The number of carbonyl (C=O) groups excluding carboxylic acids is 1. The Bertz CT molecular complexity index is 864. The molecule has 2 rings (SSSR count). The van der Waals surface area contributed by atoms with Crippen molar-refractivity contribution in [3.8, 4) is 0 Å². The summed E-state index contributed by atoms with van der Waals surface area (Å²) in [6.07, 6.45) is 0.635. The molecule has 0 amide bonds. The summed E-state index contributed by atoms with van der Waals surface area (Å²) in [4.78, 5) is 11.4. The third-order valence-corrected chi connectivity index (χ3v) is 4.37. The Kier molecular flexibility index (Phi) is 27.2. The summed E-state index contributed by atoms with van der Waals surface area (Å²) in [7, 11) is -3.57. The van der Waals surface area contributed by atoms with E-state index in [9.17, 15) is 13.2 Å². The van der Waals surface area contributed by atoms with Crippen LogP contribution in [0.2, 0.25) is 0 Å². The van der Waals surface area contributed by atoms with Gasteiger partial charge in [-0.1, -0.05) is 48.5 Å². The molecule has 8 nitrogen and oxygen atoms in total. The van der Waals surface area contributed by atoms with Gasteiger partial charge in [-0.15, -0.1) is 0 Å². The molecule has 31 heavy (non-hydrogen) atoms. The van der Waals surface area contributed by atoms with E-state index in [2.05, 4.69) is 26.6 Å². The topological polar surface area (TPSA) is 140 Å². The smallest absolute Gasteiger partial charge is 0 e. The van der Waals surface area contributed by atoms with E-state index >= 15 is 0 Å². The van der Waals surface area contributed by atoms with Crippen molar-refractivity contribution < 1.29 is 53.6 Å². The Morgan fingerprint density at radius 3 is 1.61 bits per heavy atom. The molecule has 0 aliphatic rings. The van der Waals surface area contributed by atoms with E-state index in [0.29, 0.717) is 5.56 Å². The van der Waals surface area contributed by atoms with Crippen molar-refractivity contribution in [1.29, 1.82) is 0 Å². The van der Waals surface area contributed by atoms with E-state index in [4.69, 9.17) is 23.3 Å². The molecule has 2 radical (unpaired) electrons. The number of rotatable bonds is 6. The first kappa shape index (κ1) is 35.8. The molecule has 2 aromatic carbocycles. The Morgan fingerprint density at radius 2 is 1.23 bits per heavy atom. The van der Waals surface area contributed by atoms with Gasteiger partial charge in [0.05, 0.1) is 10.6 Å². The second kappa shape index (κ2) is 23.6. The fraction of sp³-hybridized carbons (Fsp3) is 0.0952. The Hall–Kier alpha value is -2.66. The van der Waals surface area contributed by atoms with Gasteiger partial charge in [0.25, 0.3) is 0 Å². The standard InChI is InChI=1S/C17H16O4S.4CO.Fe/c1-14(18)21-17(15-8-4-2-5-9-15)12-13-22(19,20)16-10-6-3-7-11-16;4*1-2;/h2-13,17H,1H3;;;;;. The fourth-order valence-corrected chi connectivity index (χ4v) is 2.95. The van der Waals surface area contributed by atoms with Crippen molar-refractivity contribution in [2.75, 3.05) is 0 Å². The quantitative estimate of drug-likeness (QED) is 0.269. The van der Waals surface area contributed by atoms with Gasteiger partial charge in [0, 0.05) is 30.4 Å². The first-order valence-electron chi connectivity index (χ1n) is 7.51. The van der Waals surface area contributed by atoms with Crippen LogP contribution in [0.25, 0.3) is 0 Å². The van der Waals surface area contributed by atoms with Crippen LogP contribution < -0.4 is 0 Å². The minimum absolute atomic E-state index is 0. The summed E-state index contributed by atoms with van der Waals surface area (Å²) in [5.74, 6) is 0.596. The van der Waals surface area contributed by atoms with Gasteiger partial charge in [-0.25, -0.2) is 8.42 Å². The molecular formula is C21H16FeO8S. The average molecular weight is 484 g/mol. The van der Waals surface area contributed by atoms with Gasteiger partial charge in [-0.05, 0) is 17.7 Å². The number of esters is 1. The normalized spacial score (nSPS) is 9.19. The van der Waals surface area contributed by atoms with E-state index in [0.717, 1.165) is 5.75 Å². The van der Waals surface area contributed by atoms with Crippen LogP contribution in [0.4, 0.5) is 0 Å². The molecule has 1 atom stereocenters. The van der Waals surface area contributed by atoms with Gasteiger partial charge >= 0.3 is 51.2 Å². The molecule has 0 N–H and O–H groups in total. The molecule has 0 aromatic heterocycles. The van der Waals surface area contributed by atoms with Crippen molar-refractivity contribution in [3.63, 3.8) is 0 Å². The summed E-state index contributed by atoms with van der Waals surface area (Å²) >= 11 is 0. The van der Waals surface area contributed by atoms with E-state index in [1.165, 1.54) is 25.5 Å². The molecular weight excluding hydrogens is 468 g/mol. The number of hydrogen-bond donors (Lipinski definition) is 0. The van der Waals surface area contributed by atoms with Crippen LogP contribution >= 0.6 is 0 Å². The van der Waals surface area contributed by atoms with Crippen LogP contribution in [0.1, 0.15) is 18.6 Å². The second-order valence-electron chi connectivity index (χ2n) is 4.63. The van der Waals surface area contributed by atoms with Crippen molar-refractivity contribution >= 4 is 15.8 Å². The van der Waals surface area contributed by atoms with E-state index in [-0.39, 0.29) is 22.0 Å². The van der Waals surface area contributed by atoms with Gasteiger partial charge in [0.1, 0.15) is 6.10 Å². The zero-order valence-corrected chi connectivity index (χ0v) is 18.0. The number of hydrogen-bond acceptors (Lipinski definition) is 4. The third kappa shape index (κ3) is 15.8. The van der Waals surface area contributed by atoms with E-state index in [1.54, 1.807) is 42.5 Å². The van der Waals surface area contributed by atoms with Crippen LogP contribution in [-0.2, 0) is 55.0 Å². The molecule has 2 aromatic rings. The molecule has 0 aliphatic carbocycles. The number of benzene rings is 2. The predicted molar refractivity (Wildman–Crippen MR) is 98.9 cm³/mol. The molecule has 162 valence electrons. The maximum Gasteiger partial charge on any atom is 0 e. The van der Waals surface area contributed by atoms with Crippen LogP contribution in [0.5, 0.6) is 0 Å². The first-order valence-corrected chi connectivity index (χ1v) is 9.06. The Labute approximate surface area is 192 Å². The average Bonchev–Trinajstić information content (AvgIpc) is 2.83. The predicted octanol–water partition coefficient (Wildman–Crippen LogP) is 2.98. The third-order valence-electron chi connectivity index (χ3n) is 2.93. The summed E-state index contributed by atoms with van der Waals surface area (Å²) in [6, 6.07) is 17.1. The van der Waals surface area contributed by atoms with Crippen molar-refractivity contribution in [1.82, 2.24) is 0 Å². The van der Waals surface area contributed by atoms with Crippen LogP contribution in [0.15, 0.2) is 65.6 Å². The monoisotopic (exact) mass is 484 g/mol. The minimum Gasteiger partial charge on any atom is 0 e. The molecule has 0 spiro atoms. The number of sulfone groups is 1. The Morgan fingerprint density at radius 1 is 0.839 bits per heavy atom. The summed E-state index contributed by atoms with van der Waals surface area (Å²) < 4.78 is 59.6. The molecule has 10 heteroatoms. The molecule has 0 bridgehead atoms. The molecule has 0 aliphatic heterocycles. The zero-order valence-electron chi connectivity index (χ0n) is 16.0. The van der Waals surface area contributed by atoms with Gasteiger partial charge in [0.2, 0.25) is 0 Å². The molecule has 0 heterocycles. The number of ether oxygens (including phenoxy) is 1. The molecule has 0 fully saturated rings. The van der Waals surface area contributed by atoms with Crippen LogP contribution in [0, 0.1) is 38.8 Å². The Balaban J connectivity index is -0.000000364. The minimum atomic E-state index is -3.57. The van der Waals surface area contributed by atoms with Crippen molar-refractivity contribution in [3.05, 3.63) is 105 Å².